The van der Waals surface area contributed by atoms with Crippen LogP contribution in [0.2, 0.25) is 5.15 Å². The summed E-state index contributed by atoms with van der Waals surface area (Å²) in [5.74, 6) is -0.430. The van der Waals surface area contributed by atoms with Gasteiger partial charge in [0.15, 0.2) is 5.15 Å². The molecule has 12 heteroatoms. The number of hydrogen-bond acceptors (Lipinski definition) is 8. The second kappa shape index (κ2) is 14.4. The molecule has 0 bridgehead atoms. The van der Waals surface area contributed by atoms with E-state index in [2.05, 4.69) is 37.8 Å². The number of unbranched alkanes of at least 4 members (excludes halogenated alkanes) is 1. The van der Waals surface area contributed by atoms with Crippen LogP contribution in [0.1, 0.15) is 57.1 Å². The molecule has 0 radical (unpaired) electrons. The predicted octanol–water partition coefficient (Wildman–Crippen LogP) is 4.21. The zero-order valence-electron chi connectivity index (χ0n) is 22.6. The van der Waals surface area contributed by atoms with Crippen LogP contribution in [0.5, 0.6) is 0 Å². The highest BCUT2D eigenvalue weighted by molar-refractivity contribution is 6.30. The van der Waals surface area contributed by atoms with E-state index in [-0.39, 0.29) is 18.2 Å². The van der Waals surface area contributed by atoms with Crippen LogP contribution in [-0.4, -0.2) is 60.3 Å². The molecule has 0 amide bonds. The fraction of sp³-hybridized carbons (Fsp3) is 0.407. The first-order chi connectivity index (χ1) is 18.7. The fourth-order valence-corrected chi connectivity index (χ4v) is 4.28. The van der Waals surface area contributed by atoms with Crippen molar-refractivity contribution in [3.8, 4) is 11.4 Å². The number of likely N-dealkylation sites (N-methyl/N-ethyl adjacent to an activating group) is 1. The summed E-state index contributed by atoms with van der Waals surface area (Å²) in [6, 6.07) is 6.89. The third kappa shape index (κ3) is 8.08. The Kier molecular flexibility index (Phi) is 10.9. The average Bonchev–Trinajstić information content (AvgIpc) is 3.56. The molecule has 3 aromatic rings. The van der Waals surface area contributed by atoms with Crippen LogP contribution >= 0.6 is 11.6 Å². The number of tetrazole rings is 1. The lowest BCUT2D eigenvalue weighted by Gasteiger charge is -2.16. The number of rotatable bonds is 14. The number of aryl methyl sites for hydroxylation is 1. The minimum absolute atomic E-state index is 0.116. The van der Waals surface area contributed by atoms with Gasteiger partial charge in [-0.25, -0.2) is 4.98 Å². The highest BCUT2D eigenvalue weighted by Crippen LogP contribution is 2.26. The molecule has 0 aliphatic carbocycles. The molecule has 0 saturated carbocycles. The number of aliphatic carboxylic acids is 1. The molecule has 0 spiro atoms. The Labute approximate surface area is 232 Å². The highest BCUT2D eigenvalue weighted by atomic mass is 35.5. The number of esters is 1. The van der Waals surface area contributed by atoms with E-state index in [1.54, 1.807) is 0 Å². The maximum atomic E-state index is 12.5. The average molecular weight is 556 g/mol. The normalized spacial score (nSPS) is 12.9. The van der Waals surface area contributed by atoms with Gasteiger partial charge in [-0.15, -0.1) is 10.2 Å². The van der Waals surface area contributed by atoms with Crippen LogP contribution in [-0.2, 0) is 33.9 Å². The van der Waals surface area contributed by atoms with Gasteiger partial charge in [0.2, 0.25) is 5.82 Å². The first-order valence-corrected chi connectivity index (χ1v) is 13.1. The number of carbonyl (C=O) groups excluding carboxylic acids is 1. The Morgan fingerprint density at radius 2 is 2.03 bits per heavy atom. The number of allylic oxidation sites excluding steroid dienone is 4. The SMILES string of the molecule is CCCCc1nc(Cl)c(COC(=O)[C@H](CC(=O)O)NC)n1C/C(C)=C/C=C(\C)c1ccccc1-c1nn[nH]n1. The maximum absolute atomic E-state index is 12.5. The highest BCUT2D eigenvalue weighted by Gasteiger charge is 2.23. The summed E-state index contributed by atoms with van der Waals surface area (Å²) in [7, 11) is 1.51. The van der Waals surface area contributed by atoms with Crippen molar-refractivity contribution in [2.75, 3.05) is 7.05 Å². The van der Waals surface area contributed by atoms with Crippen molar-refractivity contribution in [2.45, 2.75) is 65.6 Å². The topological polar surface area (TPSA) is 148 Å². The van der Waals surface area contributed by atoms with E-state index in [1.165, 1.54) is 7.05 Å². The molecule has 1 atom stereocenters. The number of imidazole rings is 1. The molecule has 2 heterocycles. The number of ether oxygens (including phenoxy) is 1. The lowest BCUT2D eigenvalue weighted by Crippen LogP contribution is -2.37. The number of carbonyl (C=O) groups is 2. The summed E-state index contributed by atoms with van der Waals surface area (Å²) in [5, 5.41) is 26.4. The molecule has 0 unspecified atom stereocenters. The van der Waals surface area contributed by atoms with E-state index >= 15 is 0 Å². The second-order valence-electron chi connectivity index (χ2n) is 9.15. The summed E-state index contributed by atoms with van der Waals surface area (Å²) in [5.41, 5.74) is 4.49. The smallest absolute Gasteiger partial charge is 0.324 e. The number of halogens is 1. The zero-order chi connectivity index (χ0) is 28.4. The van der Waals surface area contributed by atoms with E-state index < -0.39 is 18.0 Å². The van der Waals surface area contributed by atoms with Crippen LogP contribution in [0.3, 0.4) is 0 Å². The molecule has 1 aromatic carbocycles. The Morgan fingerprint density at radius 1 is 1.26 bits per heavy atom. The van der Waals surface area contributed by atoms with Crippen LogP contribution in [0.4, 0.5) is 0 Å². The van der Waals surface area contributed by atoms with Gasteiger partial charge < -0.3 is 19.7 Å². The van der Waals surface area contributed by atoms with Gasteiger partial charge in [-0.3, -0.25) is 9.59 Å². The molecular weight excluding hydrogens is 522 g/mol. The number of nitrogens with zero attached hydrogens (tertiary/aromatic N) is 5. The lowest BCUT2D eigenvalue weighted by atomic mass is 9.99. The fourth-order valence-electron chi connectivity index (χ4n) is 4.03. The van der Waals surface area contributed by atoms with Gasteiger partial charge in [-0.05, 0) is 43.7 Å². The van der Waals surface area contributed by atoms with Crippen molar-refractivity contribution in [3.05, 3.63) is 64.2 Å². The van der Waals surface area contributed by atoms with Gasteiger partial charge in [0.25, 0.3) is 0 Å². The Bertz CT molecular complexity index is 1330. The first kappa shape index (κ1) is 29.7. The van der Waals surface area contributed by atoms with E-state index in [1.807, 2.05) is 54.8 Å². The number of benzene rings is 1. The number of carboxylic acids is 1. The summed E-state index contributed by atoms with van der Waals surface area (Å²) in [6.45, 7) is 6.50. The van der Waals surface area contributed by atoms with Gasteiger partial charge in [0.05, 0.1) is 12.1 Å². The third-order valence-electron chi connectivity index (χ3n) is 6.18. The summed E-state index contributed by atoms with van der Waals surface area (Å²) < 4.78 is 7.42. The minimum atomic E-state index is -1.10. The third-order valence-corrected chi connectivity index (χ3v) is 6.49. The Morgan fingerprint density at radius 3 is 2.69 bits per heavy atom. The molecule has 39 heavy (non-hydrogen) atoms. The second-order valence-corrected chi connectivity index (χ2v) is 9.50. The van der Waals surface area contributed by atoms with Gasteiger partial charge in [-0.2, -0.15) is 5.21 Å². The van der Waals surface area contributed by atoms with Crippen molar-refractivity contribution in [1.29, 1.82) is 0 Å². The molecule has 3 N–H and O–H groups in total. The van der Waals surface area contributed by atoms with Crippen LogP contribution in [0, 0.1) is 0 Å². The predicted molar refractivity (Wildman–Crippen MR) is 148 cm³/mol. The van der Waals surface area contributed by atoms with Crippen molar-refractivity contribution >= 4 is 29.1 Å². The quantitative estimate of drug-likeness (QED) is 0.196. The van der Waals surface area contributed by atoms with Gasteiger partial charge in [0.1, 0.15) is 18.5 Å². The van der Waals surface area contributed by atoms with E-state index in [9.17, 15) is 9.59 Å². The van der Waals surface area contributed by atoms with E-state index in [4.69, 9.17) is 21.4 Å². The monoisotopic (exact) mass is 555 g/mol. The van der Waals surface area contributed by atoms with Crippen molar-refractivity contribution in [3.63, 3.8) is 0 Å². The van der Waals surface area contributed by atoms with E-state index in [0.717, 1.165) is 47.4 Å². The first-order valence-electron chi connectivity index (χ1n) is 12.7. The lowest BCUT2D eigenvalue weighted by molar-refractivity contribution is -0.151. The summed E-state index contributed by atoms with van der Waals surface area (Å²) >= 11 is 6.48. The minimum Gasteiger partial charge on any atom is -0.481 e. The van der Waals surface area contributed by atoms with Crippen LogP contribution in [0.15, 0.2) is 42.0 Å². The standard InChI is InChI=1S/C27H34ClN7O4/c1-5-6-11-23-30-25(28)22(16-39-27(38)21(29-4)14-24(36)37)35(23)15-17(2)12-13-18(3)19-9-7-8-10-20(19)26-31-33-34-32-26/h7-10,12-13,21,29H,5-6,11,14-16H2,1-4H3,(H,36,37)(H,31,32,33,34)/b17-12+,18-13+/t21-/m0/s1. The van der Waals surface area contributed by atoms with Gasteiger partial charge >= 0.3 is 11.9 Å². The van der Waals surface area contributed by atoms with Crippen LogP contribution < -0.4 is 5.32 Å². The summed E-state index contributed by atoms with van der Waals surface area (Å²) in [4.78, 5) is 28.1. The number of H-pyrrole nitrogens is 1. The molecule has 208 valence electrons. The molecule has 2 aromatic heterocycles. The molecule has 0 aliphatic rings. The Balaban J connectivity index is 1.83. The molecule has 0 aliphatic heterocycles. The summed E-state index contributed by atoms with van der Waals surface area (Å²) in [6.07, 6.45) is 6.32. The number of carboxylic acid groups (broad SMARTS) is 1. The van der Waals surface area contributed by atoms with E-state index in [0.29, 0.717) is 18.1 Å². The van der Waals surface area contributed by atoms with Crippen molar-refractivity contribution in [1.82, 2.24) is 35.5 Å². The maximum Gasteiger partial charge on any atom is 0.324 e. The molecule has 3 rings (SSSR count). The zero-order valence-corrected chi connectivity index (χ0v) is 23.3. The largest absolute Gasteiger partial charge is 0.481 e. The van der Waals surface area contributed by atoms with Crippen LogP contribution in [0.25, 0.3) is 17.0 Å². The molecule has 0 saturated heterocycles. The number of aromatic nitrogens is 6. The van der Waals surface area contributed by atoms with Gasteiger partial charge in [0, 0.05) is 18.5 Å². The number of aromatic amines is 1. The van der Waals surface area contributed by atoms with Crippen molar-refractivity contribution < 1.29 is 19.4 Å². The number of nitrogens with one attached hydrogen (secondary N) is 2. The van der Waals surface area contributed by atoms with Gasteiger partial charge in [-0.1, -0.05) is 66.9 Å². The Hall–Kier alpha value is -3.83. The molecule has 11 nitrogen and oxygen atoms in total. The molecular formula is C27H34ClN7O4. The molecule has 0 fully saturated rings. The number of hydrogen-bond donors (Lipinski definition) is 3. The van der Waals surface area contributed by atoms with Crippen molar-refractivity contribution in [2.24, 2.45) is 0 Å².